The summed E-state index contributed by atoms with van der Waals surface area (Å²) in [6.07, 6.45) is 2.13. The van der Waals surface area contributed by atoms with E-state index in [4.69, 9.17) is 4.74 Å². The van der Waals surface area contributed by atoms with Gasteiger partial charge in [-0.2, -0.15) is 0 Å². The Hall–Kier alpha value is -2.30. The number of carbonyl (C=O) groups excluding carboxylic acids is 2. The number of rotatable bonds is 6. The molecular weight excluding hydrogens is 304 g/mol. The van der Waals surface area contributed by atoms with Crippen molar-refractivity contribution in [2.75, 3.05) is 7.11 Å². The number of benzene rings is 1. The number of nitrogens with one attached hydrogen (secondary N) is 2. The van der Waals surface area contributed by atoms with Gasteiger partial charge in [-0.15, -0.1) is 0 Å². The summed E-state index contributed by atoms with van der Waals surface area (Å²) in [5.74, 6) is 0.314. The van der Waals surface area contributed by atoms with Crippen molar-refractivity contribution >= 4 is 11.8 Å². The van der Waals surface area contributed by atoms with Crippen LogP contribution in [0.25, 0.3) is 0 Å². The van der Waals surface area contributed by atoms with Gasteiger partial charge in [0, 0.05) is 11.6 Å². The molecule has 0 saturated heterocycles. The van der Waals surface area contributed by atoms with Crippen molar-refractivity contribution in [3.8, 4) is 5.75 Å². The minimum absolute atomic E-state index is 0.202. The van der Waals surface area contributed by atoms with E-state index in [1.807, 2.05) is 52.0 Å². The van der Waals surface area contributed by atoms with Crippen LogP contribution in [0.1, 0.15) is 40.2 Å². The molecule has 1 aromatic carbocycles. The molecule has 1 rings (SSSR count). The minimum Gasteiger partial charge on any atom is -0.496 e. The zero-order valence-corrected chi connectivity index (χ0v) is 15.4. The van der Waals surface area contributed by atoms with Crippen molar-refractivity contribution in [2.24, 2.45) is 0 Å². The average Bonchev–Trinajstić information content (AvgIpc) is 2.45. The second-order valence-corrected chi connectivity index (χ2v) is 6.95. The van der Waals surface area contributed by atoms with Crippen molar-refractivity contribution in [3.05, 3.63) is 41.5 Å². The van der Waals surface area contributed by atoms with Gasteiger partial charge in [0.05, 0.1) is 7.11 Å². The molecule has 0 aliphatic carbocycles. The van der Waals surface area contributed by atoms with E-state index in [0.29, 0.717) is 6.42 Å². The Morgan fingerprint density at radius 2 is 1.88 bits per heavy atom. The lowest BCUT2D eigenvalue weighted by atomic mass is 10.0. The highest BCUT2D eigenvalue weighted by Crippen LogP contribution is 2.20. The van der Waals surface area contributed by atoms with Gasteiger partial charge < -0.3 is 15.4 Å². The number of carbonyl (C=O) groups is 2. The molecule has 0 saturated carbocycles. The van der Waals surface area contributed by atoms with Crippen molar-refractivity contribution in [3.63, 3.8) is 0 Å². The first kappa shape index (κ1) is 19.7. The van der Waals surface area contributed by atoms with Gasteiger partial charge in [-0.1, -0.05) is 23.8 Å². The first-order valence-corrected chi connectivity index (χ1v) is 8.04. The maximum absolute atomic E-state index is 12.1. The molecule has 0 radical (unpaired) electrons. The van der Waals surface area contributed by atoms with Crippen LogP contribution in [0.3, 0.4) is 0 Å². The molecule has 5 nitrogen and oxygen atoms in total. The Balaban J connectivity index is 2.65. The molecule has 0 spiro atoms. The first-order valence-electron chi connectivity index (χ1n) is 8.04. The molecule has 0 aliphatic rings. The second-order valence-electron chi connectivity index (χ2n) is 6.95. The van der Waals surface area contributed by atoms with Crippen LogP contribution in [-0.4, -0.2) is 30.5 Å². The molecule has 2 amide bonds. The fourth-order valence-corrected chi connectivity index (χ4v) is 2.22. The van der Waals surface area contributed by atoms with Gasteiger partial charge >= 0.3 is 0 Å². The zero-order valence-electron chi connectivity index (χ0n) is 15.4. The lowest BCUT2D eigenvalue weighted by Crippen LogP contribution is -2.50. The molecule has 0 unspecified atom stereocenters. The van der Waals surface area contributed by atoms with Gasteiger partial charge in [0.25, 0.3) is 0 Å². The van der Waals surface area contributed by atoms with Gasteiger partial charge in [-0.3, -0.25) is 9.59 Å². The number of allylic oxidation sites excluding steroid dienone is 1. The zero-order chi connectivity index (χ0) is 18.3. The summed E-state index contributed by atoms with van der Waals surface area (Å²) in [4.78, 5) is 24.1. The van der Waals surface area contributed by atoms with Crippen molar-refractivity contribution < 1.29 is 14.3 Å². The first-order chi connectivity index (χ1) is 11.1. The molecule has 132 valence electrons. The fraction of sp³-hybridized carbons (Fsp3) is 0.474. The lowest BCUT2D eigenvalue weighted by molar-refractivity contribution is -0.127. The third-order valence-electron chi connectivity index (χ3n) is 3.29. The molecule has 0 fully saturated rings. The standard InChI is InChI=1S/C19H28N2O3/c1-13(11-15-9-7-8-10-16(15)24-6)12-17(22)20-14(2)18(23)21-19(3,4)5/h7-10,12,14H,11H2,1-6H3,(H,20,22)(H,21,23)/b13-12-/t14-/m0/s1. The third kappa shape index (κ3) is 6.86. The summed E-state index contributed by atoms with van der Waals surface area (Å²) < 4.78 is 5.31. The molecular formula is C19H28N2O3. The van der Waals surface area contributed by atoms with Gasteiger partial charge in [-0.25, -0.2) is 0 Å². The summed E-state index contributed by atoms with van der Waals surface area (Å²) in [7, 11) is 1.63. The largest absolute Gasteiger partial charge is 0.496 e. The van der Waals surface area contributed by atoms with Crippen molar-refractivity contribution in [2.45, 2.75) is 52.6 Å². The number of methoxy groups -OCH3 is 1. The predicted octanol–water partition coefficient (Wildman–Crippen LogP) is 2.60. The Bertz CT molecular complexity index is 615. The summed E-state index contributed by atoms with van der Waals surface area (Å²) in [6.45, 7) is 9.25. The summed E-state index contributed by atoms with van der Waals surface area (Å²) in [5.41, 5.74) is 1.58. The van der Waals surface area contributed by atoms with Crippen LogP contribution in [0.2, 0.25) is 0 Å². The normalized spacial score (nSPS) is 13.2. The van der Waals surface area contributed by atoms with E-state index >= 15 is 0 Å². The van der Waals surface area contributed by atoms with Gasteiger partial charge in [0.15, 0.2) is 0 Å². The lowest BCUT2D eigenvalue weighted by Gasteiger charge is -2.23. The summed E-state index contributed by atoms with van der Waals surface area (Å²) >= 11 is 0. The van der Waals surface area contributed by atoms with E-state index in [-0.39, 0.29) is 17.4 Å². The van der Waals surface area contributed by atoms with E-state index < -0.39 is 6.04 Å². The van der Waals surface area contributed by atoms with E-state index in [1.165, 1.54) is 6.08 Å². The Labute approximate surface area is 144 Å². The van der Waals surface area contributed by atoms with Gasteiger partial charge in [0.2, 0.25) is 11.8 Å². The molecule has 0 heterocycles. The van der Waals surface area contributed by atoms with E-state index in [0.717, 1.165) is 16.9 Å². The van der Waals surface area contributed by atoms with Crippen LogP contribution in [0.4, 0.5) is 0 Å². The maximum Gasteiger partial charge on any atom is 0.244 e. The highest BCUT2D eigenvalue weighted by molar-refractivity contribution is 5.93. The summed E-state index contributed by atoms with van der Waals surface area (Å²) in [6, 6.07) is 7.11. The van der Waals surface area contributed by atoms with Crippen LogP contribution in [0.5, 0.6) is 5.75 Å². The van der Waals surface area contributed by atoms with E-state index in [2.05, 4.69) is 10.6 Å². The molecule has 24 heavy (non-hydrogen) atoms. The topological polar surface area (TPSA) is 67.4 Å². The second kappa shape index (κ2) is 8.52. The SMILES string of the molecule is COc1ccccc1C/C(C)=C\C(=O)N[C@@H](C)C(=O)NC(C)(C)C. The van der Waals surface area contributed by atoms with Crippen molar-refractivity contribution in [1.82, 2.24) is 10.6 Å². The average molecular weight is 332 g/mol. The number of hydrogen-bond donors (Lipinski definition) is 2. The third-order valence-corrected chi connectivity index (χ3v) is 3.29. The number of hydrogen-bond acceptors (Lipinski definition) is 3. The molecule has 0 bridgehead atoms. The fourth-order valence-electron chi connectivity index (χ4n) is 2.22. The van der Waals surface area contributed by atoms with Gasteiger partial charge in [-0.05, 0) is 52.7 Å². The maximum atomic E-state index is 12.1. The molecule has 0 aromatic heterocycles. The highest BCUT2D eigenvalue weighted by Gasteiger charge is 2.20. The molecule has 5 heteroatoms. The quantitative estimate of drug-likeness (QED) is 0.787. The van der Waals surface area contributed by atoms with E-state index in [9.17, 15) is 9.59 Å². The molecule has 0 aliphatic heterocycles. The monoisotopic (exact) mass is 332 g/mol. The minimum atomic E-state index is -0.591. The van der Waals surface area contributed by atoms with Crippen LogP contribution in [-0.2, 0) is 16.0 Å². The molecule has 1 aromatic rings. The number of ether oxygens (including phenoxy) is 1. The molecule has 1 atom stereocenters. The number of amides is 2. The Morgan fingerprint density at radius 3 is 2.46 bits per heavy atom. The summed E-state index contributed by atoms with van der Waals surface area (Å²) in [5, 5.41) is 5.53. The Kier molecular flexibility index (Phi) is 7.01. The highest BCUT2D eigenvalue weighted by atomic mass is 16.5. The van der Waals surface area contributed by atoms with Crippen LogP contribution in [0, 0.1) is 0 Å². The smallest absolute Gasteiger partial charge is 0.244 e. The van der Waals surface area contributed by atoms with Gasteiger partial charge in [0.1, 0.15) is 11.8 Å². The van der Waals surface area contributed by atoms with Crippen LogP contribution < -0.4 is 15.4 Å². The van der Waals surface area contributed by atoms with E-state index in [1.54, 1.807) is 14.0 Å². The molecule has 2 N–H and O–H groups in total. The van der Waals surface area contributed by atoms with Crippen LogP contribution >= 0.6 is 0 Å². The Morgan fingerprint density at radius 1 is 1.25 bits per heavy atom. The predicted molar refractivity (Wildman–Crippen MR) is 96.0 cm³/mol. The van der Waals surface area contributed by atoms with Crippen molar-refractivity contribution in [1.29, 1.82) is 0 Å². The number of para-hydroxylation sites is 1. The van der Waals surface area contributed by atoms with Crippen LogP contribution in [0.15, 0.2) is 35.9 Å².